The minimum atomic E-state index is -0.185. The molecule has 4 rings (SSSR count). The largest absolute Gasteiger partial charge is 0.319 e. The minimum Gasteiger partial charge on any atom is -0.319 e. The zero-order valence-corrected chi connectivity index (χ0v) is 12.6. The number of likely N-dealkylation sites (tertiary alicyclic amines) is 1. The van der Waals surface area contributed by atoms with Gasteiger partial charge in [-0.05, 0) is 31.0 Å². The van der Waals surface area contributed by atoms with E-state index in [2.05, 4.69) is 27.5 Å². The monoisotopic (exact) mass is 297 g/mol. The van der Waals surface area contributed by atoms with Crippen molar-refractivity contribution in [3.05, 3.63) is 42.0 Å². The second-order valence-electron chi connectivity index (χ2n) is 6.32. The average molecular weight is 297 g/mol. The average Bonchev–Trinajstić information content (AvgIpc) is 3.07. The summed E-state index contributed by atoms with van der Waals surface area (Å²) < 4.78 is 2.00. The summed E-state index contributed by atoms with van der Waals surface area (Å²) in [4.78, 5) is 14.8. The van der Waals surface area contributed by atoms with Gasteiger partial charge in [-0.1, -0.05) is 18.2 Å². The zero-order chi connectivity index (χ0) is 15.1. The SMILES string of the molecule is CN1C[C@H]2Cc3nnc(C(=O)Nc4ccccc4)n3C[C@H]2C1. The number of anilines is 1. The van der Waals surface area contributed by atoms with Crippen LogP contribution in [-0.4, -0.2) is 45.7 Å². The normalized spacial score (nSPS) is 23.9. The van der Waals surface area contributed by atoms with Crippen LogP contribution in [0.4, 0.5) is 5.69 Å². The first-order valence-corrected chi connectivity index (χ1v) is 7.68. The van der Waals surface area contributed by atoms with Gasteiger partial charge in [0.1, 0.15) is 5.82 Å². The summed E-state index contributed by atoms with van der Waals surface area (Å²) >= 11 is 0. The smallest absolute Gasteiger partial charge is 0.293 e. The molecule has 0 bridgehead atoms. The Bertz CT molecular complexity index is 696. The van der Waals surface area contributed by atoms with Crippen molar-refractivity contribution in [2.45, 2.75) is 13.0 Å². The number of hydrogen-bond donors (Lipinski definition) is 1. The van der Waals surface area contributed by atoms with Crippen LogP contribution in [0.25, 0.3) is 0 Å². The molecule has 2 atom stereocenters. The fourth-order valence-corrected chi connectivity index (χ4v) is 3.64. The topological polar surface area (TPSA) is 63.1 Å². The van der Waals surface area contributed by atoms with Gasteiger partial charge in [0.05, 0.1) is 0 Å². The van der Waals surface area contributed by atoms with E-state index in [0.717, 1.165) is 37.6 Å². The molecule has 1 saturated heterocycles. The van der Waals surface area contributed by atoms with E-state index in [1.807, 2.05) is 34.9 Å². The van der Waals surface area contributed by atoms with E-state index in [1.165, 1.54) is 0 Å². The van der Waals surface area contributed by atoms with Crippen molar-refractivity contribution in [3.8, 4) is 0 Å². The fraction of sp³-hybridized carbons (Fsp3) is 0.438. The summed E-state index contributed by atoms with van der Waals surface area (Å²) in [5.74, 6) is 2.42. The highest BCUT2D eigenvalue weighted by molar-refractivity contribution is 6.01. The quantitative estimate of drug-likeness (QED) is 0.906. The van der Waals surface area contributed by atoms with Gasteiger partial charge in [0.2, 0.25) is 5.82 Å². The molecule has 2 aliphatic heterocycles. The number of fused-ring (bicyclic) bond motifs is 2. The number of nitrogens with zero attached hydrogens (tertiary/aromatic N) is 4. The van der Waals surface area contributed by atoms with Gasteiger partial charge in [-0.2, -0.15) is 0 Å². The Kier molecular flexibility index (Phi) is 3.18. The van der Waals surface area contributed by atoms with Crippen molar-refractivity contribution in [3.63, 3.8) is 0 Å². The first-order valence-electron chi connectivity index (χ1n) is 7.68. The third-order valence-electron chi connectivity index (χ3n) is 4.68. The van der Waals surface area contributed by atoms with Crippen molar-refractivity contribution >= 4 is 11.6 Å². The van der Waals surface area contributed by atoms with Crippen LogP contribution in [0.3, 0.4) is 0 Å². The molecule has 0 unspecified atom stereocenters. The molecule has 0 aliphatic carbocycles. The summed E-state index contributed by atoms with van der Waals surface area (Å²) in [6.45, 7) is 3.04. The van der Waals surface area contributed by atoms with E-state index in [0.29, 0.717) is 17.7 Å². The zero-order valence-electron chi connectivity index (χ0n) is 12.6. The molecule has 22 heavy (non-hydrogen) atoms. The Morgan fingerprint density at radius 3 is 2.73 bits per heavy atom. The molecule has 6 heteroatoms. The second-order valence-corrected chi connectivity index (χ2v) is 6.32. The highest BCUT2D eigenvalue weighted by Gasteiger charge is 2.37. The number of rotatable bonds is 2. The van der Waals surface area contributed by atoms with Gasteiger partial charge in [-0.25, -0.2) is 0 Å². The fourth-order valence-electron chi connectivity index (χ4n) is 3.64. The Morgan fingerprint density at radius 1 is 1.14 bits per heavy atom. The van der Waals surface area contributed by atoms with Gasteiger partial charge in [0.15, 0.2) is 0 Å². The lowest BCUT2D eigenvalue weighted by Gasteiger charge is -2.25. The van der Waals surface area contributed by atoms with Gasteiger partial charge >= 0.3 is 0 Å². The summed E-state index contributed by atoms with van der Waals surface area (Å²) in [6, 6.07) is 9.45. The van der Waals surface area contributed by atoms with E-state index < -0.39 is 0 Å². The number of nitrogens with one attached hydrogen (secondary N) is 1. The van der Waals surface area contributed by atoms with Crippen LogP contribution < -0.4 is 5.32 Å². The van der Waals surface area contributed by atoms with Gasteiger partial charge < -0.3 is 14.8 Å². The van der Waals surface area contributed by atoms with Crippen molar-refractivity contribution in [2.24, 2.45) is 11.8 Å². The van der Waals surface area contributed by atoms with Crippen LogP contribution in [0.2, 0.25) is 0 Å². The standard InChI is InChI=1S/C16H19N5O/c1-20-8-11-7-14-18-19-15(21(14)10-12(11)9-20)16(22)17-13-5-3-2-4-6-13/h2-6,11-12H,7-10H2,1H3,(H,17,22)/t11-,12-/m1/s1. The van der Waals surface area contributed by atoms with E-state index >= 15 is 0 Å². The van der Waals surface area contributed by atoms with Gasteiger partial charge in [-0.3, -0.25) is 4.79 Å². The molecule has 0 spiro atoms. The summed E-state index contributed by atoms with van der Waals surface area (Å²) in [5, 5.41) is 11.3. The molecule has 1 N–H and O–H groups in total. The molecule has 1 aromatic carbocycles. The number of para-hydroxylation sites is 1. The third kappa shape index (κ3) is 2.29. The highest BCUT2D eigenvalue weighted by Crippen LogP contribution is 2.31. The molecule has 0 radical (unpaired) electrons. The first-order chi connectivity index (χ1) is 10.7. The highest BCUT2D eigenvalue weighted by atomic mass is 16.2. The number of hydrogen-bond acceptors (Lipinski definition) is 4. The van der Waals surface area contributed by atoms with Crippen molar-refractivity contribution < 1.29 is 4.79 Å². The molecule has 1 amide bonds. The first kappa shape index (κ1) is 13.5. The lowest BCUT2D eigenvalue weighted by atomic mass is 9.89. The molecule has 3 heterocycles. The molecule has 1 aromatic heterocycles. The lowest BCUT2D eigenvalue weighted by Crippen LogP contribution is -2.31. The molecule has 114 valence electrons. The minimum absolute atomic E-state index is 0.185. The van der Waals surface area contributed by atoms with Gasteiger partial charge in [-0.15, -0.1) is 10.2 Å². The summed E-state index contributed by atoms with van der Waals surface area (Å²) in [5.41, 5.74) is 0.777. The molecular weight excluding hydrogens is 278 g/mol. The summed E-state index contributed by atoms with van der Waals surface area (Å²) in [7, 11) is 2.16. The molecule has 2 aliphatic rings. The van der Waals surface area contributed by atoms with Crippen LogP contribution in [-0.2, 0) is 13.0 Å². The van der Waals surface area contributed by atoms with Gasteiger partial charge in [0, 0.05) is 31.7 Å². The van der Waals surface area contributed by atoms with Crippen LogP contribution in [0.5, 0.6) is 0 Å². The van der Waals surface area contributed by atoms with Crippen LogP contribution >= 0.6 is 0 Å². The van der Waals surface area contributed by atoms with E-state index in [9.17, 15) is 4.79 Å². The molecule has 2 aromatic rings. The van der Waals surface area contributed by atoms with E-state index in [4.69, 9.17) is 0 Å². The maximum atomic E-state index is 12.5. The van der Waals surface area contributed by atoms with E-state index in [-0.39, 0.29) is 5.91 Å². The third-order valence-corrected chi connectivity index (χ3v) is 4.68. The van der Waals surface area contributed by atoms with Crippen molar-refractivity contribution in [1.82, 2.24) is 19.7 Å². The predicted octanol–water partition coefficient (Wildman–Crippen LogP) is 1.26. The second kappa shape index (κ2) is 5.21. The number of benzene rings is 1. The molecule has 0 saturated carbocycles. The molecule has 6 nitrogen and oxygen atoms in total. The number of carbonyl (C=O) groups is 1. The van der Waals surface area contributed by atoms with Crippen LogP contribution in [0.15, 0.2) is 30.3 Å². The molecular formula is C16H19N5O. The Hall–Kier alpha value is -2.21. The number of amides is 1. The maximum absolute atomic E-state index is 12.5. The van der Waals surface area contributed by atoms with Gasteiger partial charge in [0.25, 0.3) is 5.91 Å². The Labute approximate surface area is 129 Å². The Morgan fingerprint density at radius 2 is 1.91 bits per heavy atom. The number of carbonyl (C=O) groups excluding carboxylic acids is 1. The van der Waals surface area contributed by atoms with Crippen molar-refractivity contribution in [2.75, 3.05) is 25.5 Å². The molecule has 1 fully saturated rings. The Balaban J connectivity index is 1.56. The summed E-state index contributed by atoms with van der Waals surface area (Å²) in [6.07, 6.45) is 0.917. The van der Waals surface area contributed by atoms with Crippen LogP contribution in [0, 0.1) is 11.8 Å². The van der Waals surface area contributed by atoms with Crippen LogP contribution in [0.1, 0.15) is 16.4 Å². The van der Waals surface area contributed by atoms with E-state index in [1.54, 1.807) is 0 Å². The number of aromatic nitrogens is 3. The maximum Gasteiger partial charge on any atom is 0.293 e. The lowest BCUT2D eigenvalue weighted by molar-refractivity contribution is 0.100. The predicted molar refractivity (Wildman–Crippen MR) is 82.6 cm³/mol. The van der Waals surface area contributed by atoms with Crippen molar-refractivity contribution in [1.29, 1.82) is 0 Å².